The Balaban J connectivity index is 3.41. The van der Waals surface area contributed by atoms with Gasteiger partial charge in [-0.3, -0.25) is 0 Å². The van der Waals surface area contributed by atoms with E-state index in [9.17, 15) is 8.42 Å². The lowest BCUT2D eigenvalue weighted by atomic mass is 10.2. The summed E-state index contributed by atoms with van der Waals surface area (Å²) in [4.78, 5) is 0.356. The van der Waals surface area contributed by atoms with E-state index in [1.54, 1.807) is 19.2 Å². The Hall–Kier alpha value is -1.03. The van der Waals surface area contributed by atoms with E-state index in [2.05, 4.69) is 5.32 Å². The summed E-state index contributed by atoms with van der Waals surface area (Å²) >= 11 is 0. The molecule has 3 nitrogen and oxygen atoms in total. The van der Waals surface area contributed by atoms with Gasteiger partial charge in [0.05, 0.1) is 10.6 Å². The zero-order valence-electron chi connectivity index (χ0n) is 7.96. The summed E-state index contributed by atoms with van der Waals surface area (Å²) in [6.45, 7) is 1.87. The molecule has 0 bridgehead atoms. The lowest BCUT2D eigenvalue weighted by Crippen LogP contribution is -2.02. The van der Waals surface area contributed by atoms with Crippen molar-refractivity contribution in [2.75, 3.05) is 18.6 Å². The molecular formula is C9H13NO2S. The smallest absolute Gasteiger partial charge is 0.177 e. The molecule has 13 heavy (non-hydrogen) atoms. The maximum absolute atomic E-state index is 11.3. The lowest BCUT2D eigenvalue weighted by molar-refractivity contribution is 0.602. The number of nitrogens with one attached hydrogen (secondary N) is 1. The van der Waals surface area contributed by atoms with Gasteiger partial charge in [0.15, 0.2) is 9.84 Å². The van der Waals surface area contributed by atoms with Gasteiger partial charge in [0.2, 0.25) is 0 Å². The summed E-state index contributed by atoms with van der Waals surface area (Å²) < 4.78 is 22.6. The molecule has 0 saturated carbocycles. The molecule has 72 valence electrons. The van der Waals surface area contributed by atoms with E-state index in [0.29, 0.717) is 10.6 Å². The summed E-state index contributed by atoms with van der Waals surface area (Å²) in [6.07, 6.45) is 1.21. The van der Waals surface area contributed by atoms with Crippen molar-refractivity contribution in [1.29, 1.82) is 0 Å². The van der Waals surface area contributed by atoms with Crippen LogP contribution in [0.5, 0.6) is 0 Å². The monoisotopic (exact) mass is 199 g/mol. The van der Waals surface area contributed by atoms with Crippen LogP contribution in [0.1, 0.15) is 5.56 Å². The topological polar surface area (TPSA) is 46.2 Å². The third-order valence-corrected chi connectivity index (χ3v) is 2.94. The van der Waals surface area contributed by atoms with Gasteiger partial charge in [0.25, 0.3) is 0 Å². The van der Waals surface area contributed by atoms with Gasteiger partial charge in [-0.05, 0) is 24.6 Å². The molecule has 0 heterocycles. The van der Waals surface area contributed by atoms with Gasteiger partial charge >= 0.3 is 0 Å². The molecule has 1 aromatic carbocycles. The summed E-state index contributed by atoms with van der Waals surface area (Å²) in [7, 11) is -1.42. The molecule has 0 atom stereocenters. The molecule has 1 aromatic rings. The van der Waals surface area contributed by atoms with Crippen LogP contribution in [0.4, 0.5) is 5.69 Å². The Kier molecular flexibility index (Phi) is 2.61. The average Bonchev–Trinajstić information content (AvgIpc) is 2.03. The molecule has 0 aliphatic rings. The van der Waals surface area contributed by atoms with Gasteiger partial charge in [-0.1, -0.05) is 6.07 Å². The maximum Gasteiger partial charge on any atom is 0.177 e. The molecule has 0 aliphatic heterocycles. The number of hydrogen-bond donors (Lipinski definition) is 1. The fourth-order valence-electron chi connectivity index (χ4n) is 1.14. The molecule has 0 unspecified atom stereocenters. The first-order valence-electron chi connectivity index (χ1n) is 3.93. The number of benzene rings is 1. The van der Waals surface area contributed by atoms with Crippen LogP contribution in [0.2, 0.25) is 0 Å². The van der Waals surface area contributed by atoms with Crippen molar-refractivity contribution in [1.82, 2.24) is 0 Å². The molecule has 0 spiro atoms. The summed E-state index contributed by atoms with van der Waals surface area (Å²) in [5.74, 6) is 0. The Labute approximate surface area is 78.7 Å². The first-order chi connectivity index (χ1) is 5.95. The number of rotatable bonds is 2. The molecule has 0 saturated heterocycles. The van der Waals surface area contributed by atoms with Gasteiger partial charge in [-0.15, -0.1) is 0 Å². The molecular weight excluding hydrogens is 186 g/mol. The van der Waals surface area contributed by atoms with Gasteiger partial charge in [-0.2, -0.15) is 0 Å². The third kappa shape index (κ3) is 2.21. The Bertz CT molecular complexity index is 410. The third-order valence-electron chi connectivity index (χ3n) is 1.81. The number of anilines is 1. The maximum atomic E-state index is 11.3. The van der Waals surface area contributed by atoms with Gasteiger partial charge in [0.1, 0.15) is 0 Å². The van der Waals surface area contributed by atoms with Gasteiger partial charge < -0.3 is 5.32 Å². The highest BCUT2D eigenvalue weighted by molar-refractivity contribution is 7.90. The molecule has 1 rings (SSSR count). The zero-order valence-corrected chi connectivity index (χ0v) is 8.77. The van der Waals surface area contributed by atoms with Crippen LogP contribution in [0.25, 0.3) is 0 Å². The van der Waals surface area contributed by atoms with Crippen LogP contribution < -0.4 is 5.32 Å². The summed E-state index contributed by atoms with van der Waals surface area (Å²) in [5, 5.41) is 2.85. The lowest BCUT2D eigenvalue weighted by Gasteiger charge is -2.07. The second-order valence-electron chi connectivity index (χ2n) is 3.02. The highest BCUT2D eigenvalue weighted by Gasteiger charge is 2.11. The Morgan fingerprint density at radius 3 is 2.38 bits per heavy atom. The summed E-state index contributed by atoms with van der Waals surface area (Å²) in [6, 6.07) is 5.31. The van der Waals surface area contributed by atoms with Crippen molar-refractivity contribution >= 4 is 15.5 Å². The van der Waals surface area contributed by atoms with Gasteiger partial charge in [0, 0.05) is 13.3 Å². The Morgan fingerprint density at radius 1 is 1.31 bits per heavy atom. The molecule has 0 aliphatic carbocycles. The van der Waals surface area contributed by atoms with Crippen molar-refractivity contribution in [3.8, 4) is 0 Å². The molecule has 0 aromatic heterocycles. The minimum absolute atomic E-state index is 0.356. The fourth-order valence-corrected chi connectivity index (χ4v) is 2.11. The largest absolute Gasteiger partial charge is 0.387 e. The van der Waals surface area contributed by atoms with Crippen LogP contribution in [-0.2, 0) is 9.84 Å². The van der Waals surface area contributed by atoms with Crippen molar-refractivity contribution in [3.63, 3.8) is 0 Å². The molecule has 1 N–H and O–H groups in total. The second kappa shape index (κ2) is 3.38. The zero-order chi connectivity index (χ0) is 10.1. The average molecular weight is 199 g/mol. The van der Waals surface area contributed by atoms with Crippen LogP contribution >= 0.6 is 0 Å². The molecule has 0 radical (unpaired) electrons. The van der Waals surface area contributed by atoms with Crippen LogP contribution in [0.15, 0.2) is 23.1 Å². The van der Waals surface area contributed by atoms with E-state index in [1.165, 1.54) is 6.26 Å². The fraction of sp³-hybridized carbons (Fsp3) is 0.333. The summed E-state index contributed by atoms with van der Waals surface area (Å²) in [5.41, 5.74) is 1.59. The van der Waals surface area contributed by atoms with E-state index in [4.69, 9.17) is 0 Å². The quantitative estimate of drug-likeness (QED) is 0.784. The SMILES string of the molecule is CNc1ccc(C)cc1S(C)(=O)=O. The standard InChI is InChI=1S/C9H13NO2S/c1-7-4-5-8(10-2)9(6-7)13(3,11)12/h4-6,10H,1-3H3. The predicted molar refractivity (Wildman–Crippen MR) is 53.8 cm³/mol. The van der Waals surface area contributed by atoms with E-state index in [0.717, 1.165) is 5.56 Å². The van der Waals surface area contributed by atoms with Crippen molar-refractivity contribution in [3.05, 3.63) is 23.8 Å². The van der Waals surface area contributed by atoms with E-state index in [1.807, 2.05) is 13.0 Å². The highest BCUT2D eigenvalue weighted by atomic mass is 32.2. The van der Waals surface area contributed by atoms with Gasteiger partial charge in [-0.25, -0.2) is 8.42 Å². The van der Waals surface area contributed by atoms with E-state index >= 15 is 0 Å². The minimum atomic E-state index is -3.13. The second-order valence-corrected chi connectivity index (χ2v) is 5.01. The number of aryl methyl sites for hydroxylation is 1. The first-order valence-corrected chi connectivity index (χ1v) is 5.83. The molecule has 0 fully saturated rings. The van der Waals surface area contributed by atoms with Crippen molar-refractivity contribution in [2.24, 2.45) is 0 Å². The van der Waals surface area contributed by atoms with Crippen molar-refractivity contribution < 1.29 is 8.42 Å². The highest BCUT2D eigenvalue weighted by Crippen LogP contribution is 2.21. The van der Waals surface area contributed by atoms with Crippen LogP contribution in [0.3, 0.4) is 0 Å². The van der Waals surface area contributed by atoms with Crippen LogP contribution in [0, 0.1) is 6.92 Å². The predicted octanol–water partition coefficient (Wildman–Crippen LogP) is 1.44. The molecule has 4 heteroatoms. The minimum Gasteiger partial charge on any atom is -0.387 e. The number of hydrogen-bond acceptors (Lipinski definition) is 3. The molecule has 0 amide bonds. The van der Waals surface area contributed by atoms with Crippen molar-refractivity contribution in [2.45, 2.75) is 11.8 Å². The Morgan fingerprint density at radius 2 is 1.92 bits per heavy atom. The number of sulfone groups is 1. The first kappa shape index (κ1) is 10.1. The normalized spacial score (nSPS) is 11.3. The van der Waals surface area contributed by atoms with Crippen LogP contribution in [-0.4, -0.2) is 21.7 Å². The van der Waals surface area contributed by atoms with E-state index in [-0.39, 0.29) is 0 Å². The van der Waals surface area contributed by atoms with E-state index < -0.39 is 9.84 Å².